The van der Waals surface area contributed by atoms with Crippen molar-refractivity contribution >= 4 is 49.0 Å². The van der Waals surface area contributed by atoms with Gasteiger partial charge >= 0.3 is 0 Å². The van der Waals surface area contributed by atoms with Crippen molar-refractivity contribution in [3.63, 3.8) is 0 Å². The van der Waals surface area contributed by atoms with Gasteiger partial charge < -0.3 is 10.1 Å². The van der Waals surface area contributed by atoms with E-state index in [1.165, 1.54) is 42.5 Å². The molecule has 172 valence electrons. The smallest absolute Gasteiger partial charge is 0.242 e. The summed E-state index contributed by atoms with van der Waals surface area (Å²) in [6.45, 7) is 1.53. The maximum absolute atomic E-state index is 13.0. The Kier molecular flexibility index (Phi) is 8.27. The lowest BCUT2D eigenvalue weighted by Crippen LogP contribution is -2.43. The molecule has 0 saturated heterocycles. The van der Waals surface area contributed by atoms with Gasteiger partial charge in [-0.05, 0) is 62.2 Å². The van der Waals surface area contributed by atoms with Crippen LogP contribution in [-0.2, 0) is 19.6 Å². The summed E-state index contributed by atoms with van der Waals surface area (Å²) in [5.74, 6) is -0.369. The molecule has 3 aromatic rings. The summed E-state index contributed by atoms with van der Waals surface area (Å²) in [4.78, 5) is 28.3. The molecule has 0 saturated carbocycles. The quantitative estimate of drug-likeness (QED) is 0.396. The number of Topliss-reactive ketones (excluding diaryl/α,β-unsaturated/α-hetero) is 1. The third-order valence-corrected chi connectivity index (χ3v) is 7.31. The van der Waals surface area contributed by atoms with E-state index in [1.807, 2.05) is 6.07 Å². The molecular weight excluding hydrogens is 460 g/mol. The van der Waals surface area contributed by atoms with Gasteiger partial charge in [-0.25, -0.2) is 13.4 Å². The van der Waals surface area contributed by atoms with Crippen molar-refractivity contribution in [3.05, 3.63) is 53.5 Å². The van der Waals surface area contributed by atoms with Crippen LogP contribution in [-0.4, -0.2) is 31.1 Å². The number of rotatable bonds is 11. The van der Waals surface area contributed by atoms with E-state index < -0.39 is 22.0 Å². The lowest BCUT2D eigenvalue weighted by atomic mass is 10.1. The first-order valence-corrected chi connectivity index (χ1v) is 12.8. The molecule has 0 bridgehead atoms. The van der Waals surface area contributed by atoms with Crippen LogP contribution in [0.3, 0.4) is 0 Å². The molecule has 10 heteroatoms. The summed E-state index contributed by atoms with van der Waals surface area (Å²) in [5.41, 5.74) is 3.43. The highest BCUT2D eigenvalue weighted by Crippen LogP contribution is 2.22. The first-order valence-electron chi connectivity index (χ1n) is 10.4. The molecule has 0 fully saturated rings. The van der Waals surface area contributed by atoms with Crippen molar-refractivity contribution in [1.29, 1.82) is 5.26 Å². The zero-order valence-corrected chi connectivity index (χ0v) is 19.7. The topological polar surface area (TPSA) is 129 Å². The number of carbonyl (C=O) groups is 2. The molecule has 33 heavy (non-hydrogen) atoms. The van der Waals surface area contributed by atoms with E-state index in [9.17, 15) is 18.0 Å². The number of benzene rings is 2. The predicted octanol–water partition coefficient (Wildman–Crippen LogP) is 3.99. The number of carbonyl (C=O) groups excluding carboxylic acids is 2. The zero-order valence-electron chi connectivity index (χ0n) is 18.1. The van der Waals surface area contributed by atoms with Gasteiger partial charge in [-0.15, -0.1) is 11.3 Å². The molecule has 2 N–H and O–H groups in total. The highest BCUT2D eigenvalue weighted by atomic mass is 32.2. The molecule has 1 aromatic heterocycles. The highest BCUT2D eigenvalue weighted by Gasteiger charge is 2.26. The number of fused-ring (bicyclic) bond motifs is 1. The lowest BCUT2D eigenvalue weighted by Gasteiger charge is -2.19. The van der Waals surface area contributed by atoms with Gasteiger partial charge in [0.1, 0.15) is 11.8 Å². The van der Waals surface area contributed by atoms with Gasteiger partial charge in [0.05, 0.1) is 32.3 Å². The fourth-order valence-corrected chi connectivity index (χ4v) is 5.22. The first-order chi connectivity index (χ1) is 15.8. The second-order valence-electron chi connectivity index (χ2n) is 7.64. The van der Waals surface area contributed by atoms with E-state index in [2.05, 4.69) is 15.0 Å². The number of nitrogens with one attached hydrogen (secondary N) is 2. The minimum atomic E-state index is -3.99. The largest absolute Gasteiger partial charge is 0.325 e. The average molecular weight is 485 g/mol. The molecule has 0 aliphatic heterocycles. The Morgan fingerprint density at radius 3 is 2.58 bits per heavy atom. The summed E-state index contributed by atoms with van der Waals surface area (Å²) in [6, 6.07) is 11.7. The van der Waals surface area contributed by atoms with Gasteiger partial charge in [-0.2, -0.15) is 9.98 Å². The molecule has 3 rings (SSSR count). The number of hydrogen-bond acceptors (Lipinski definition) is 7. The number of nitriles is 1. The maximum atomic E-state index is 13.0. The van der Waals surface area contributed by atoms with Crippen molar-refractivity contribution in [1.82, 2.24) is 9.71 Å². The van der Waals surface area contributed by atoms with Crippen LogP contribution in [0.4, 0.5) is 5.69 Å². The number of sulfonamides is 1. The Morgan fingerprint density at radius 1 is 1.12 bits per heavy atom. The molecule has 0 aliphatic rings. The fourth-order valence-electron chi connectivity index (χ4n) is 3.27. The van der Waals surface area contributed by atoms with Crippen LogP contribution in [0, 0.1) is 11.3 Å². The molecule has 1 unspecified atom stereocenters. The first kappa shape index (κ1) is 24.5. The van der Waals surface area contributed by atoms with Crippen LogP contribution < -0.4 is 10.0 Å². The predicted molar refractivity (Wildman–Crippen MR) is 127 cm³/mol. The Hall–Kier alpha value is -3.13. The van der Waals surface area contributed by atoms with Crippen LogP contribution in [0.2, 0.25) is 0 Å². The summed E-state index contributed by atoms with van der Waals surface area (Å²) in [6.07, 6.45) is 2.71. The Bertz CT molecular complexity index is 1280. The normalized spacial score (nSPS) is 12.2. The standard InChI is InChI=1S/C23H24N4O4S2/c1-16(28)5-3-2-4-6-21(27-33(30,31)19-10-7-17(14-24)8-11-19)23(29)26-18-9-12-20-22(13-18)32-15-25-20/h7-13,15,21,27H,2-6H2,1H3,(H,26,29). The van der Waals surface area contributed by atoms with Crippen molar-refractivity contribution < 1.29 is 18.0 Å². The molecule has 0 spiro atoms. The Morgan fingerprint density at radius 2 is 1.88 bits per heavy atom. The third kappa shape index (κ3) is 6.92. The molecule has 1 amide bonds. The van der Waals surface area contributed by atoms with Crippen LogP contribution in [0.5, 0.6) is 0 Å². The second-order valence-corrected chi connectivity index (χ2v) is 10.2. The van der Waals surface area contributed by atoms with E-state index in [4.69, 9.17) is 5.26 Å². The average Bonchev–Trinajstić information content (AvgIpc) is 3.25. The van der Waals surface area contributed by atoms with E-state index in [1.54, 1.807) is 23.7 Å². The van der Waals surface area contributed by atoms with E-state index in [0.717, 1.165) is 10.2 Å². The molecule has 1 atom stereocenters. The Balaban J connectivity index is 1.74. The highest BCUT2D eigenvalue weighted by molar-refractivity contribution is 7.89. The lowest BCUT2D eigenvalue weighted by molar-refractivity contribution is -0.118. The Labute approximate surface area is 196 Å². The van der Waals surface area contributed by atoms with Gasteiger partial charge in [0.2, 0.25) is 15.9 Å². The summed E-state index contributed by atoms with van der Waals surface area (Å²) < 4.78 is 29.2. The number of unbranched alkanes of at least 4 members (excludes halogenated alkanes) is 2. The minimum absolute atomic E-state index is 0.0260. The van der Waals surface area contributed by atoms with Gasteiger partial charge in [0.25, 0.3) is 0 Å². The van der Waals surface area contributed by atoms with Crippen LogP contribution >= 0.6 is 11.3 Å². The van der Waals surface area contributed by atoms with E-state index in [-0.39, 0.29) is 17.1 Å². The monoisotopic (exact) mass is 484 g/mol. The molecule has 1 heterocycles. The minimum Gasteiger partial charge on any atom is -0.325 e. The number of amides is 1. The van der Waals surface area contributed by atoms with Crippen molar-refractivity contribution in [2.45, 2.75) is 50.0 Å². The third-order valence-electron chi connectivity index (χ3n) is 5.03. The molecule has 0 aliphatic carbocycles. The van der Waals surface area contributed by atoms with Crippen LogP contribution in [0.25, 0.3) is 10.2 Å². The van der Waals surface area contributed by atoms with Crippen LogP contribution in [0.15, 0.2) is 52.9 Å². The summed E-state index contributed by atoms with van der Waals surface area (Å²) in [5, 5.41) is 11.7. The molecule has 0 radical (unpaired) electrons. The number of nitrogens with zero attached hydrogens (tertiary/aromatic N) is 2. The molecule has 8 nitrogen and oxygen atoms in total. The fraction of sp³-hybridized carbons (Fsp3) is 0.304. The molecular formula is C23H24N4O4S2. The summed E-state index contributed by atoms with van der Waals surface area (Å²) >= 11 is 1.44. The maximum Gasteiger partial charge on any atom is 0.242 e. The summed E-state index contributed by atoms with van der Waals surface area (Å²) in [7, 11) is -3.99. The van der Waals surface area contributed by atoms with Crippen molar-refractivity contribution in [3.8, 4) is 6.07 Å². The van der Waals surface area contributed by atoms with Gasteiger partial charge in [0.15, 0.2) is 0 Å². The van der Waals surface area contributed by atoms with Crippen molar-refractivity contribution in [2.24, 2.45) is 0 Å². The van der Waals surface area contributed by atoms with Crippen LogP contribution in [0.1, 0.15) is 44.6 Å². The number of hydrogen-bond donors (Lipinski definition) is 2. The number of thiazole rings is 1. The van der Waals surface area contributed by atoms with Gasteiger partial charge in [-0.1, -0.05) is 12.8 Å². The zero-order chi connectivity index (χ0) is 23.8. The number of ketones is 1. The van der Waals surface area contributed by atoms with E-state index in [0.29, 0.717) is 36.9 Å². The number of anilines is 1. The second kappa shape index (κ2) is 11.1. The number of aromatic nitrogens is 1. The van der Waals surface area contributed by atoms with Gasteiger partial charge in [-0.3, -0.25) is 4.79 Å². The SMILES string of the molecule is CC(=O)CCCCCC(NS(=O)(=O)c1ccc(C#N)cc1)C(=O)Nc1ccc2ncsc2c1. The van der Waals surface area contributed by atoms with E-state index >= 15 is 0 Å². The van der Waals surface area contributed by atoms with Crippen molar-refractivity contribution in [2.75, 3.05) is 5.32 Å². The molecule has 2 aromatic carbocycles. The van der Waals surface area contributed by atoms with Gasteiger partial charge in [0, 0.05) is 12.1 Å².